The Balaban J connectivity index is 1.25. The van der Waals surface area contributed by atoms with Gasteiger partial charge in [-0.3, -0.25) is 4.57 Å². The monoisotopic (exact) mass is 721 g/mol. The first-order chi connectivity index (χ1) is 25.3. The van der Waals surface area contributed by atoms with Crippen molar-refractivity contribution in [2.75, 3.05) is 0 Å². The molecule has 0 fully saturated rings. The van der Waals surface area contributed by atoms with Gasteiger partial charge in [0.1, 0.15) is 4.83 Å². The van der Waals surface area contributed by atoms with Gasteiger partial charge in [-0.05, 0) is 36.4 Å². The van der Waals surface area contributed by atoms with E-state index in [1.54, 1.807) is 11.3 Å². The SMILES string of the molecule is c1ccc2c(c1)Sc1cccc(-c3nc(-n4c5ccccc5c5c6c7ccccc7sc6c6ccccc6c54)nc4sc5ccccc5c34)c1S2. The molecule has 238 valence electrons. The van der Waals surface area contributed by atoms with Crippen molar-refractivity contribution in [3.63, 3.8) is 0 Å². The molecule has 4 aromatic heterocycles. The fourth-order valence-electron chi connectivity index (χ4n) is 7.97. The van der Waals surface area contributed by atoms with Crippen molar-refractivity contribution in [2.45, 2.75) is 19.6 Å². The van der Waals surface area contributed by atoms with Crippen LogP contribution in [0.2, 0.25) is 0 Å². The standard InChI is InChI=1S/C44H23N3S4/c1-2-13-25-24(12-1)40-36(37-27-15-4-7-19-31(27)49-42(25)37)26-14-3-6-18-30(26)47(40)44-45-39(38-28-16-5-8-20-32(28)51-43(38)46-44)29-17-11-23-35-41(29)50-34-22-10-9-21-33(34)48-35/h1-23H. The zero-order valence-electron chi connectivity index (χ0n) is 26.8. The van der Waals surface area contributed by atoms with E-state index in [9.17, 15) is 0 Å². The Hall–Kier alpha value is -5.18. The lowest BCUT2D eigenvalue weighted by molar-refractivity contribution is 1.02. The molecule has 0 spiro atoms. The van der Waals surface area contributed by atoms with Crippen molar-refractivity contribution in [3.8, 4) is 17.2 Å². The highest BCUT2D eigenvalue weighted by molar-refractivity contribution is 8.05. The molecule has 0 amide bonds. The summed E-state index contributed by atoms with van der Waals surface area (Å²) in [5.74, 6) is 0.700. The Bertz CT molecular complexity index is 3280. The lowest BCUT2D eigenvalue weighted by Crippen LogP contribution is -2.04. The van der Waals surface area contributed by atoms with Crippen molar-refractivity contribution >= 4 is 119 Å². The molecule has 0 radical (unpaired) electrons. The third kappa shape index (κ3) is 3.97. The predicted octanol–water partition coefficient (Wildman–Crippen LogP) is 13.7. The maximum absolute atomic E-state index is 5.68. The van der Waals surface area contributed by atoms with Crippen molar-refractivity contribution in [3.05, 3.63) is 140 Å². The van der Waals surface area contributed by atoms with E-state index >= 15 is 0 Å². The second-order valence-electron chi connectivity index (χ2n) is 12.9. The lowest BCUT2D eigenvalue weighted by Gasteiger charge is -2.21. The van der Waals surface area contributed by atoms with Gasteiger partial charge in [0, 0.05) is 82.3 Å². The van der Waals surface area contributed by atoms with E-state index in [1.165, 1.54) is 71.4 Å². The highest BCUT2D eigenvalue weighted by Crippen LogP contribution is 2.53. The van der Waals surface area contributed by atoms with Crippen LogP contribution in [0, 0.1) is 0 Å². The van der Waals surface area contributed by atoms with E-state index < -0.39 is 0 Å². The first kappa shape index (κ1) is 28.5. The van der Waals surface area contributed by atoms with Gasteiger partial charge in [-0.2, -0.15) is 0 Å². The molecule has 51 heavy (non-hydrogen) atoms. The van der Waals surface area contributed by atoms with Crippen LogP contribution in [0.1, 0.15) is 0 Å². The van der Waals surface area contributed by atoms with Gasteiger partial charge < -0.3 is 0 Å². The normalized spacial score (nSPS) is 12.9. The van der Waals surface area contributed by atoms with Gasteiger partial charge in [-0.25, -0.2) is 9.97 Å². The topological polar surface area (TPSA) is 30.7 Å². The van der Waals surface area contributed by atoms with Gasteiger partial charge in [0.2, 0.25) is 5.95 Å². The summed E-state index contributed by atoms with van der Waals surface area (Å²) >= 11 is 7.34. The van der Waals surface area contributed by atoms with Crippen LogP contribution in [0.15, 0.2) is 159 Å². The van der Waals surface area contributed by atoms with E-state index in [-0.39, 0.29) is 0 Å². The van der Waals surface area contributed by atoms with E-state index in [2.05, 4.69) is 144 Å². The predicted molar refractivity (Wildman–Crippen MR) is 220 cm³/mol. The Labute approximate surface area is 308 Å². The van der Waals surface area contributed by atoms with Crippen LogP contribution in [0.3, 0.4) is 0 Å². The molecular weight excluding hydrogens is 699 g/mol. The zero-order chi connectivity index (χ0) is 33.2. The molecule has 0 saturated carbocycles. The molecular formula is C44H23N3S4. The minimum atomic E-state index is 0.700. The molecule has 12 rings (SSSR count). The highest BCUT2D eigenvalue weighted by atomic mass is 32.2. The summed E-state index contributed by atoms with van der Waals surface area (Å²) in [5, 5.41) is 9.88. The summed E-state index contributed by atoms with van der Waals surface area (Å²) in [7, 11) is 0. The van der Waals surface area contributed by atoms with Gasteiger partial charge in [0.25, 0.3) is 0 Å². The third-order valence-corrected chi connectivity index (χ3v) is 15.0. The van der Waals surface area contributed by atoms with Crippen molar-refractivity contribution in [1.29, 1.82) is 0 Å². The molecule has 1 aliphatic rings. The summed E-state index contributed by atoms with van der Waals surface area (Å²) in [5.41, 5.74) is 4.40. The summed E-state index contributed by atoms with van der Waals surface area (Å²) < 4.78 is 6.20. The third-order valence-electron chi connectivity index (χ3n) is 10.1. The summed E-state index contributed by atoms with van der Waals surface area (Å²) in [6.45, 7) is 0. The number of hydrogen-bond donors (Lipinski definition) is 0. The molecule has 0 bridgehead atoms. The molecule has 7 heteroatoms. The molecule has 11 aromatic rings. The summed E-state index contributed by atoms with van der Waals surface area (Å²) in [4.78, 5) is 17.3. The largest absolute Gasteiger partial charge is 0.277 e. The number of benzene rings is 7. The molecule has 0 aliphatic carbocycles. The maximum Gasteiger partial charge on any atom is 0.236 e. The zero-order valence-corrected chi connectivity index (χ0v) is 30.0. The van der Waals surface area contributed by atoms with Gasteiger partial charge in [-0.15, -0.1) is 22.7 Å². The number of para-hydroxylation sites is 1. The first-order valence-electron chi connectivity index (χ1n) is 16.8. The Morgan fingerprint density at radius 3 is 1.90 bits per heavy atom. The average Bonchev–Trinajstić information content (AvgIpc) is 3.86. The highest BCUT2D eigenvalue weighted by Gasteiger charge is 2.27. The minimum absolute atomic E-state index is 0.700. The molecule has 3 nitrogen and oxygen atoms in total. The second-order valence-corrected chi connectivity index (χ2v) is 17.1. The van der Waals surface area contributed by atoms with Crippen LogP contribution in [-0.2, 0) is 0 Å². The van der Waals surface area contributed by atoms with Crippen molar-refractivity contribution in [2.24, 2.45) is 0 Å². The maximum atomic E-state index is 5.68. The number of nitrogens with zero attached hydrogens (tertiary/aromatic N) is 3. The number of thiophene rings is 2. The van der Waals surface area contributed by atoms with Gasteiger partial charge in [0.15, 0.2) is 0 Å². The van der Waals surface area contributed by atoms with E-state index in [0.29, 0.717) is 5.95 Å². The van der Waals surface area contributed by atoms with Crippen LogP contribution in [0.5, 0.6) is 0 Å². The van der Waals surface area contributed by atoms with Crippen LogP contribution < -0.4 is 0 Å². The molecule has 0 atom stereocenters. The van der Waals surface area contributed by atoms with E-state index in [4.69, 9.17) is 9.97 Å². The molecule has 0 unspecified atom stereocenters. The molecule has 0 saturated heterocycles. The van der Waals surface area contributed by atoms with Crippen LogP contribution in [-0.4, -0.2) is 14.5 Å². The molecule has 0 N–H and O–H groups in total. The minimum Gasteiger partial charge on any atom is -0.277 e. The van der Waals surface area contributed by atoms with Crippen LogP contribution >= 0.6 is 46.2 Å². The lowest BCUT2D eigenvalue weighted by atomic mass is 10.00. The number of fused-ring (bicyclic) bond motifs is 15. The Kier molecular flexibility index (Phi) is 5.96. The molecule has 1 aliphatic heterocycles. The average molecular weight is 722 g/mol. The Morgan fingerprint density at radius 1 is 0.451 bits per heavy atom. The van der Waals surface area contributed by atoms with Gasteiger partial charge in [-0.1, -0.05) is 127 Å². The smallest absolute Gasteiger partial charge is 0.236 e. The Morgan fingerprint density at radius 2 is 1.08 bits per heavy atom. The fourth-order valence-corrected chi connectivity index (χ4v) is 12.7. The van der Waals surface area contributed by atoms with Gasteiger partial charge >= 0.3 is 0 Å². The van der Waals surface area contributed by atoms with E-state index in [1.807, 2.05) is 34.9 Å². The van der Waals surface area contributed by atoms with Gasteiger partial charge in [0.05, 0.1) is 16.7 Å². The van der Waals surface area contributed by atoms with Crippen LogP contribution in [0.25, 0.3) is 90.3 Å². The fraction of sp³-hybridized carbons (Fsp3) is 0. The summed E-state index contributed by atoms with van der Waals surface area (Å²) in [6.07, 6.45) is 0. The number of rotatable bonds is 2. The number of hydrogen-bond acceptors (Lipinski definition) is 6. The van der Waals surface area contributed by atoms with E-state index in [0.717, 1.165) is 32.5 Å². The molecule has 7 aromatic carbocycles. The first-order valence-corrected chi connectivity index (χ1v) is 20.1. The summed E-state index contributed by atoms with van der Waals surface area (Å²) in [6, 6.07) is 50.6. The van der Waals surface area contributed by atoms with Crippen molar-refractivity contribution < 1.29 is 0 Å². The van der Waals surface area contributed by atoms with Crippen molar-refractivity contribution in [1.82, 2.24) is 14.5 Å². The second kappa shape index (κ2) is 10.7. The van der Waals surface area contributed by atoms with Crippen LogP contribution in [0.4, 0.5) is 0 Å². The quantitative estimate of drug-likeness (QED) is 0.178. The number of aromatic nitrogens is 3. The molecule has 5 heterocycles.